The van der Waals surface area contributed by atoms with Gasteiger partial charge in [-0.3, -0.25) is 4.79 Å². The van der Waals surface area contributed by atoms with Crippen LogP contribution >= 0.6 is 0 Å². The van der Waals surface area contributed by atoms with Gasteiger partial charge in [0, 0.05) is 12.8 Å². The van der Waals surface area contributed by atoms with E-state index < -0.39 is 5.97 Å². The highest BCUT2D eigenvalue weighted by atomic mass is 16.4. The van der Waals surface area contributed by atoms with Gasteiger partial charge in [-0.1, -0.05) is 24.3 Å². The van der Waals surface area contributed by atoms with E-state index in [1.807, 2.05) is 24.3 Å². The molecule has 0 atom stereocenters. The van der Waals surface area contributed by atoms with Crippen molar-refractivity contribution in [1.82, 2.24) is 0 Å². The average molecular weight is 206 g/mol. The van der Waals surface area contributed by atoms with Crippen LogP contribution in [0.1, 0.15) is 38.5 Å². The lowest BCUT2D eigenvalue weighted by Crippen LogP contribution is -1.92. The van der Waals surface area contributed by atoms with Crippen LogP contribution in [0.5, 0.6) is 0 Å². The predicted octanol–water partition coefficient (Wildman–Crippen LogP) is 3.16. The Kier molecular flexibility index (Phi) is 9.54. The van der Waals surface area contributed by atoms with E-state index in [4.69, 9.17) is 11.5 Å². The zero-order valence-corrected chi connectivity index (χ0v) is 8.98. The molecule has 0 rings (SSSR count). The van der Waals surface area contributed by atoms with Gasteiger partial charge in [-0.15, -0.1) is 12.3 Å². The first-order chi connectivity index (χ1) is 7.27. The van der Waals surface area contributed by atoms with E-state index >= 15 is 0 Å². The summed E-state index contributed by atoms with van der Waals surface area (Å²) in [7, 11) is 0. The summed E-state index contributed by atoms with van der Waals surface area (Å²) in [6.07, 6.45) is 17.7. The van der Waals surface area contributed by atoms with Crippen LogP contribution < -0.4 is 0 Å². The van der Waals surface area contributed by atoms with E-state index in [0.29, 0.717) is 0 Å². The van der Waals surface area contributed by atoms with Crippen molar-refractivity contribution >= 4 is 5.97 Å². The van der Waals surface area contributed by atoms with Gasteiger partial charge in [0.25, 0.3) is 0 Å². The normalized spacial score (nSPS) is 10.9. The van der Waals surface area contributed by atoms with Gasteiger partial charge in [0.15, 0.2) is 0 Å². The minimum atomic E-state index is -0.715. The van der Waals surface area contributed by atoms with Gasteiger partial charge in [0.2, 0.25) is 0 Å². The third kappa shape index (κ3) is 12.5. The van der Waals surface area contributed by atoms with E-state index in [1.165, 1.54) is 0 Å². The highest BCUT2D eigenvalue weighted by Crippen LogP contribution is 2.00. The van der Waals surface area contributed by atoms with Gasteiger partial charge >= 0.3 is 5.97 Å². The lowest BCUT2D eigenvalue weighted by molar-refractivity contribution is -0.137. The third-order valence-electron chi connectivity index (χ3n) is 1.85. The molecule has 82 valence electrons. The second-order valence-corrected chi connectivity index (χ2v) is 3.24. The molecule has 0 bridgehead atoms. The van der Waals surface area contributed by atoms with Crippen molar-refractivity contribution in [3.8, 4) is 12.3 Å². The number of allylic oxidation sites excluding steroid dienone is 4. The van der Waals surface area contributed by atoms with Crippen molar-refractivity contribution in [2.45, 2.75) is 38.5 Å². The Hall–Kier alpha value is -1.49. The summed E-state index contributed by atoms with van der Waals surface area (Å²) in [5, 5.41) is 8.39. The first kappa shape index (κ1) is 13.5. The molecule has 0 aliphatic carbocycles. The maximum Gasteiger partial charge on any atom is 0.303 e. The summed E-state index contributed by atoms with van der Waals surface area (Å²) in [6, 6.07) is 0. The maximum absolute atomic E-state index is 10.2. The second-order valence-electron chi connectivity index (χ2n) is 3.24. The summed E-state index contributed by atoms with van der Waals surface area (Å²) < 4.78 is 0. The number of unbranched alkanes of at least 4 members (excludes halogenated alkanes) is 3. The molecule has 1 N–H and O–H groups in total. The van der Waals surface area contributed by atoms with Gasteiger partial charge in [-0.25, -0.2) is 0 Å². The van der Waals surface area contributed by atoms with Crippen molar-refractivity contribution in [2.24, 2.45) is 0 Å². The smallest absolute Gasteiger partial charge is 0.303 e. The maximum atomic E-state index is 10.2. The molecule has 0 aliphatic rings. The molecule has 0 aromatic heterocycles. The van der Waals surface area contributed by atoms with Crippen LogP contribution in [0, 0.1) is 12.3 Å². The van der Waals surface area contributed by atoms with Crippen LogP contribution in [-0.4, -0.2) is 11.1 Å². The van der Waals surface area contributed by atoms with E-state index in [9.17, 15) is 4.79 Å². The second kappa shape index (κ2) is 10.6. The van der Waals surface area contributed by atoms with Crippen molar-refractivity contribution in [3.05, 3.63) is 24.3 Å². The van der Waals surface area contributed by atoms with Crippen molar-refractivity contribution in [2.75, 3.05) is 0 Å². The number of hydrogen-bond acceptors (Lipinski definition) is 1. The van der Waals surface area contributed by atoms with E-state index in [2.05, 4.69) is 5.92 Å². The number of aliphatic carboxylic acids is 1. The number of carboxylic acid groups (broad SMARTS) is 1. The van der Waals surface area contributed by atoms with E-state index in [-0.39, 0.29) is 6.42 Å². The first-order valence-electron chi connectivity index (χ1n) is 5.24. The van der Waals surface area contributed by atoms with Gasteiger partial charge in [-0.05, 0) is 25.7 Å². The van der Waals surface area contributed by atoms with Crippen LogP contribution in [0.3, 0.4) is 0 Å². The highest BCUT2D eigenvalue weighted by molar-refractivity contribution is 5.66. The highest BCUT2D eigenvalue weighted by Gasteiger charge is 1.93. The number of rotatable bonds is 8. The summed E-state index contributed by atoms with van der Waals surface area (Å²) >= 11 is 0. The lowest BCUT2D eigenvalue weighted by atomic mass is 10.2. The minimum Gasteiger partial charge on any atom is -0.481 e. The molecule has 0 spiro atoms. The fourth-order valence-corrected chi connectivity index (χ4v) is 1.05. The zero-order chi connectivity index (χ0) is 11.4. The van der Waals surface area contributed by atoms with Gasteiger partial charge < -0.3 is 5.11 Å². The number of carboxylic acids is 1. The van der Waals surface area contributed by atoms with Crippen LogP contribution in [0.15, 0.2) is 24.3 Å². The Morgan fingerprint density at radius 3 is 2.47 bits per heavy atom. The third-order valence-corrected chi connectivity index (χ3v) is 1.85. The SMILES string of the molecule is C#CCC/C=C/C=C/CCCCC(=O)O. The zero-order valence-electron chi connectivity index (χ0n) is 8.98. The Labute approximate surface area is 91.7 Å². The number of hydrogen-bond donors (Lipinski definition) is 1. The Balaban J connectivity index is 3.28. The first-order valence-corrected chi connectivity index (χ1v) is 5.24. The summed E-state index contributed by atoms with van der Waals surface area (Å²) in [5.74, 6) is 1.85. The van der Waals surface area contributed by atoms with Crippen molar-refractivity contribution in [1.29, 1.82) is 0 Å². The quantitative estimate of drug-likeness (QED) is 0.376. The standard InChI is InChI=1S/C13H18O2/c1-2-3-4-5-6-7-8-9-10-11-12-13(14)15/h1,5-8H,3-4,9-12H2,(H,14,15)/b6-5+,8-7+. The number of carbonyl (C=O) groups is 1. The molecule has 0 amide bonds. The molecule has 15 heavy (non-hydrogen) atoms. The Bertz CT molecular complexity index is 256. The molecular formula is C13H18O2. The molecule has 0 unspecified atom stereocenters. The molecule has 0 saturated heterocycles. The van der Waals surface area contributed by atoms with Gasteiger partial charge in [0.1, 0.15) is 0 Å². The fraction of sp³-hybridized carbons (Fsp3) is 0.462. The fourth-order valence-electron chi connectivity index (χ4n) is 1.05. The Morgan fingerprint density at radius 2 is 1.87 bits per heavy atom. The van der Waals surface area contributed by atoms with Gasteiger partial charge in [0.05, 0.1) is 0 Å². The molecule has 0 aromatic carbocycles. The average Bonchev–Trinajstić information content (AvgIpc) is 2.20. The Morgan fingerprint density at radius 1 is 1.20 bits per heavy atom. The predicted molar refractivity (Wildman–Crippen MR) is 62.5 cm³/mol. The minimum absolute atomic E-state index is 0.270. The monoisotopic (exact) mass is 206 g/mol. The molecule has 0 fully saturated rings. The lowest BCUT2D eigenvalue weighted by Gasteiger charge is -1.92. The molecule has 0 aromatic rings. The number of terminal acetylenes is 1. The molecule has 0 aliphatic heterocycles. The largest absolute Gasteiger partial charge is 0.481 e. The van der Waals surface area contributed by atoms with E-state index in [1.54, 1.807) is 0 Å². The van der Waals surface area contributed by atoms with Crippen molar-refractivity contribution in [3.63, 3.8) is 0 Å². The molecule has 0 saturated carbocycles. The van der Waals surface area contributed by atoms with Crippen LogP contribution in [0.4, 0.5) is 0 Å². The molecule has 0 heterocycles. The van der Waals surface area contributed by atoms with Crippen LogP contribution in [0.25, 0.3) is 0 Å². The molecule has 2 nitrogen and oxygen atoms in total. The molecular weight excluding hydrogens is 188 g/mol. The van der Waals surface area contributed by atoms with Gasteiger partial charge in [-0.2, -0.15) is 0 Å². The van der Waals surface area contributed by atoms with Crippen molar-refractivity contribution < 1.29 is 9.90 Å². The summed E-state index contributed by atoms with van der Waals surface area (Å²) in [5.41, 5.74) is 0. The summed E-state index contributed by atoms with van der Waals surface area (Å²) in [4.78, 5) is 10.2. The molecule has 2 heteroatoms. The van der Waals surface area contributed by atoms with Crippen LogP contribution in [0.2, 0.25) is 0 Å². The molecule has 0 radical (unpaired) electrons. The summed E-state index contributed by atoms with van der Waals surface area (Å²) in [6.45, 7) is 0. The van der Waals surface area contributed by atoms with E-state index in [0.717, 1.165) is 32.1 Å². The topological polar surface area (TPSA) is 37.3 Å². The van der Waals surface area contributed by atoms with Crippen LogP contribution in [-0.2, 0) is 4.79 Å².